The molecule has 1 unspecified atom stereocenters. The van der Waals surface area contributed by atoms with Gasteiger partial charge in [0.25, 0.3) is 0 Å². The highest BCUT2D eigenvalue weighted by Crippen LogP contribution is 2.44. The van der Waals surface area contributed by atoms with E-state index in [-0.39, 0.29) is 16.2 Å². The van der Waals surface area contributed by atoms with Crippen LogP contribution in [0.2, 0.25) is 0 Å². The second-order valence-corrected chi connectivity index (χ2v) is 7.30. The van der Waals surface area contributed by atoms with Crippen molar-refractivity contribution in [1.29, 1.82) is 0 Å². The molecule has 1 aliphatic heterocycles. The Kier molecular flexibility index (Phi) is 3.97. The number of benzene rings is 1. The largest absolute Gasteiger partial charge is 0.492 e. The average molecular weight is 299 g/mol. The fraction of sp³-hybridized carbons (Fsp3) is 0.571. The van der Waals surface area contributed by atoms with Crippen LogP contribution in [0.15, 0.2) is 17.0 Å². The van der Waals surface area contributed by atoms with E-state index in [1.165, 1.54) is 20.5 Å². The van der Waals surface area contributed by atoms with E-state index in [9.17, 15) is 8.42 Å². The second kappa shape index (κ2) is 5.26. The number of ether oxygens (including phenoxy) is 2. The van der Waals surface area contributed by atoms with E-state index in [1.54, 1.807) is 6.07 Å². The Balaban J connectivity index is 2.67. The molecule has 1 N–H and O–H groups in total. The molecule has 1 aromatic rings. The maximum absolute atomic E-state index is 11.8. The normalized spacial score (nSPS) is 22.8. The molecule has 20 heavy (non-hydrogen) atoms. The van der Waals surface area contributed by atoms with Gasteiger partial charge in [-0.3, -0.25) is 0 Å². The van der Waals surface area contributed by atoms with Gasteiger partial charge in [0.15, 0.2) is 21.3 Å². The summed E-state index contributed by atoms with van der Waals surface area (Å²) in [6, 6.07) is 3.41. The Morgan fingerprint density at radius 3 is 2.30 bits per heavy atom. The van der Waals surface area contributed by atoms with Gasteiger partial charge >= 0.3 is 0 Å². The first kappa shape index (κ1) is 15.1. The van der Waals surface area contributed by atoms with E-state index in [1.807, 2.05) is 6.07 Å². The zero-order valence-electron chi connectivity index (χ0n) is 12.3. The van der Waals surface area contributed by atoms with Crippen LogP contribution in [0.1, 0.15) is 25.3 Å². The Morgan fingerprint density at radius 2 is 1.85 bits per heavy atom. The van der Waals surface area contributed by atoms with Crippen molar-refractivity contribution in [1.82, 2.24) is 5.32 Å². The lowest BCUT2D eigenvalue weighted by atomic mass is 9.89. The van der Waals surface area contributed by atoms with Crippen molar-refractivity contribution in [2.75, 3.05) is 27.0 Å². The first-order valence-corrected chi connectivity index (χ1v) is 8.43. The van der Waals surface area contributed by atoms with Gasteiger partial charge in [-0.05, 0) is 32.4 Å². The van der Waals surface area contributed by atoms with Gasteiger partial charge in [0, 0.05) is 17.4 Å². The molecule has 0 saturated carbocycles. The van der Waals surface area contributed by atoms with Crippen molar-refractivity contribution in [3.63, 3.8) is 0 Å². The first-order valence-electron chi connectivity index (χ1n) is 6.54. The number of hydrogen-bond donors (Lipinski definition) is 1. The van der Waals surface area contributed by atoms with Gasteiger partial charge in [-0.15, -0.1) is 0 Å². The Morgan fingerprint density at radius 1 is 1.20 bits per heavy atom. The van der Waals surface area contributed by atoms with Gasteiger partial charge in [-0.2, -0.15) is 0 Å². The highest BCUT2D eigenvalue weighted by molar-refractivity contribution is 7.90. The maximum Gasteiger partial charge on any atom is 0.179 e. The van der Waals surface area contributed by atoms with E-state index in [0.29, 0.717) is 5.75 Å². The third kappa shape index (κ3) is 2.50. The summed E-state index contributed by atoms with van der Waals surface area (Å²) in [5, 5.41) is 3.45. The molecule has 1 atom stereocenters. The third-order valence-corrected chi connectivity index (χ3v) is 4.97. The molecule has 1 saturated heterocycles. The van der Waals surface area contributed by atoms with Gasteiger partial charge in [0.05, 0.1) is 14.2 Å². The topological polar surface area (TPSA) is 64.6 Å². The van der Waals surface area contributed by atoms with Crippen molar-refractivity contribution in [2.24, 2.45) is 0 Å². The number of nitrogens with one attached hydrogen (secondary N) is 1. The molecule has 0 amide bonds. The van der Waals surface area contributed by atoms with Crippen molar-refractivity contribution in [3.05, 3.63) is 17.7 Å². The summed E-state index contributed by atoms with van der Waals surface area (Å²) in [5.74, 6) is 0.773. The van der Waals surface area contributed by atoms with Crippen LogP contribution >= 0.6 is 0 Å². The van der Waals surface area contributed by atoms with E-state index in [4.69, 9.17) is 9.47 Å². The minimum Gasteiger partial charge on any atom is -0.492 e. The van der Waals surface area contributed by atoms with E-state index in [0.717, 1.165) is 24.9 Å². The number of hydrogen-bond acceptors (Lipinski definition) is 5. The number of rotatable bonds is 4. The minimum absolute atomic E-state index is 0.155. The Bertz CT molecular complexity index is 604. The van der Waals surface area contributed by atoms with Gasteiger partial charge in [-0.25, -0.2) is 8.42 Å². The summed E-state index contributed by atoms with van der Waals surface area (Å²) >= 11 is 0. The monoisotopic (exact) mass is 299 g/mol. The molecule has 5 nitrogen and oxygen atoms in total. The van der Waals surface area contributed by atoms with Gasteiger partial charge < -0.3 is 14.8 Å². The summed E-state index contributed by atoms with van der Waals surface area (Å²) < 4.78 is 34.4. The van der Waals surface area contributed by atoms with Crippen molar-refractivity contribution < 1.29 is 17.9 Å². The van der Waals surface area contributed by atoms with Crippen LogP contribution in [0.3, 0.4) is 0 Å². The molecule has 0 spiro atoms. The molecule has 0 aliphatic carbocycles. The highest BCUT2D eigenvalue weighted by Gasteiger charge is 2.35. The minimum atomic E-state index is -3.36. The van der Waals surface area contributed by atoms with E-state index < -0.39 is 9.84 Å². The lowest BCUT2D eigenvalue weighted by molar-refractivity contribution is 0.327. The zero-order chi connectivity index (χ0) is 15.0. The second-order valence-electron chi connectivity index (χ2n) is 5.31. The van der Waals surface area contributed by atoms with E-state index >= 15 is 0 Å². The lowest BCUT2D eigenvalue weighted by Gasteiger charge is -2.28. The van der Waals surface area contributed by atoms with Crippen LogP contribution in [-0.4, -0.2) is 35.4 Å². The predicted molar refractivity (Wildman–Crippen MR) is 77.2 cm³/mol. The first-order chi connectivity index (χ1) is 9.33. The number of methoxy groups -OCH3 is 2. The average Bonchev–Trinajstić information content (AvgIpc) is 2.83. The fourth-order valence-corrected chi connectivity index (χ4v) is 3.62. The Hall–Kier alpha value is -1.27. The zero-order valence-corrected chi connectivity index (χ0v) is 13.1. The Labute approximate surface area is 120 Å². The molecule has 2 rings (SSSR count). The summed E-state index contributed by atoms with van der Waals surface area (Å²) in [4.78, 5) is 0.155. The molecule has 1 aliphatic rings. The maximum atomic E-state index is 11.8. The molecule has 0 aromatic heterocycles. The van der Waals surface area contributed by atoms with Crippen molar-refractivity contribution in [3.8, 4) is 11.5 Å². The summed E-state index contributed by atoms with van der Waals surface area (Å²) in [5.41, 5.74) is 0.719. The standard InChI is InChI=1S/C14H21NO4S/c1-14(8-5-9-15-14)10-6-7-11(20(4,16)17)13(19-3)12(10)18-2/h6-7,15H,5,8-9H2,1-4H3. The summed E-state index contributed by atoms with van der Waals surface area (Å²) in [6.45, 7) is 3.03. The highest BCUT2D eigenvalue weighted by atomic mass is 32.2. The SMILES string of the molecule is COc1c(C2(C)CCCN2)ccc(S(C)(=O)=O)c1OC. The van der Waals surface area contributed by atoms with Crippen LogP contribution in [0, 0.1) is 0 Å². The molecule has 0 radical (unpaired) electrons. The van der Waals surface area contributed by atoms with Crippen LogP contribution in [0.25, 0.3) is 0 Å². The fourth-order valence-electron chi connectivity index (χ4n) is 2.79. The van der Waals surface area contributed by atoms with Gasteiger partial charge in [0.2, 0.25) is 0 Å². The van der Waals surface area contributed by atoms with Gasteiger partial charge in [0.1, 0.15) is 4.90 Å². The molecule has 1 aromatic carbocycles. The number of sulfone groups is 1. The van der Waals surface area contributed by atoms with Crippen LogP contribution < -0.4 is 14.8 Å². The summed E-state index contributed by atoms with van der Waals surface area (Å²) in [6.07, 6.45) is 3.22. The molecule has 6 heteroatoms. The predicted octanol–water partition coefficient (Wildman–Crippen LogP) is 1.71. The third-order valence-electron chi connectivity index (χ3n) is 3.85. The van der Waals surface area contributed by atoms with Crippen LogP contribution in [0.4, 0.5) is 0 Å². The molecular weight excluding hydrogens is 278 g/mol. The van der Waals surface area contributed by atoms with Crippen molar-refractivity contribution >= 4 is 9.84 Å². The molecular formula is C14H21NO4S. The molecule has 0 bridgehead atoms. The lowest BCUT2D eigenvalue weighted by Crippen LogP contribution is -2.33. The molecule has 112 valence electrons. The molecule has 1 heterocycles. The van der Waals surface area contributed by atoms with Crippen LogP contribution in [0.5, 0.6) is 11.5 Å². The quantitative estimate of drug-likeness (QED) is 0.917. The van der Waals surface area contributed by atoms with Crippen molar-refractivity contribution in [2.45, 2.75) is 30.2 Å². The van der Waals surface area contributed by atoms with Gasteiger partial charge in [-0.1, -0.05) is 6.07 Å². The van der Waals surface area contributed by atoms with Crippen LogP contribution in [-0.2, 0) is 15.4 Å². The smallest absolute Gasteiger partial charge is 0.179 e. The molecule has 1 fully saturated rings. The summed E-state index contributed by atoms with van der Waals surface area (Å²) in [7, 11) is -0.371. The van der Waals surface area contributed by atoms with E-state index in [2.05, 4.69) is 12.2 Å².